The normalized spacial score (nSPS) is 13.8. The molecule has 1 amide bonds. The molecule has 0 aromatic carbocycles. The Morgan fingerprint density at radius 2 is 0.643 bits per heavy atom. The molecule has 0 aromatic rings. The Kier molecular flexibility index (Phi) is 56.9. The summed E-state index contributed by atoms with van der Waals surface area (Å²) in [6, 6.07) is -0.656. The van der Waals surface area contributed by atoms with E-state index in [1.165, 1.54) is 135 Å². The highest BCUT2D eigenvalue weighted by molar-refractivity contribution is 5.76. The number of hydrogen-bond donors (Lipinski definition) is 3. The van der Waals surface area contributed by atoms with Crippen LogP contribution in [0.15, 0.2) is 134 Å². The van der Waals surface area contributed by atoms with Crippen molar-refractivity contribution in [2.45, 2.75) is 270 Å². The average Bonchev–Trinajstić information content (AvgIpc) is 3.36. The van der Waals surface area contributed by atoms with Crippen LogP contribution in [0.25, 0.3) is 0 Å². The van der Waals surface area contributed by atoms with E-state index in [0.29, 0.717) is 6.42 Å². The topological polar surface area (TPSA) is 69.6 Å². The molecule has 398 valence electrons. The van der Waals surface area contributed by atoms with Crippen molar-refractivity contribution >= 4 is 5.91 Å². The van der Waals surface area contributed by atoms with Gasteiger partial charge >= 0.3 is 0 Å². The highest BCUT2D eigenvalue weighted by atomic mass is 16.3. The summed E-state index contributed by atoms with van der Waals surface area (Å²) in [6.07, 6.45) is 93.3. The largest absolute Gasteiger partial charge is 0.394 e. The van der Waals surface area contributed by atoms with E-state index in [4.69, 9.17) is 0 Å². The molecule has 0 bridgehead atoms. The fourth-order valence-corrected chi connectivity index (χ4v) is 8.19. The van der Waals surface area contributed by atoms with Gasteiger partial charge in [-0.3, -0.25) is 4.79 Å². The van der Waals surface area contributed by atoms with Gasteiger partial charge in [-0.1, -0.05) is 282 Å². The van der Waals surface area contributed by atoms with Gasteiger partial charge in [-0.2, -0.15) is 0 Å². The summed E-state index contributed by atoms with van der Waals surface area (Å²) in [6.45, 7) is 4.18. The summed E-state index contributed by atoms with van der Waals surface area (Å²) in [5, 5.41) is 23.2. The molecule has 2 atom stereocenters. The SMILES string of the molecule is CC/C=C\C/C=C\C/C=C\C/C=C\C/C=C\C/C=C\C/C=C\C/C=C\C/C=C\CCCCCCCCCC(=O)NC(CO)C(O)/C=C/CC/C=C/CCCCCCCCCCCCCCCCCCC. The number of nitrogens with one attached hydrogen (secondary N) is 1. The van der Waals surface area contributed by atoms with Crippen molar-refractivity contribution < 1.29 is 15.0 Å². The van der Waals surface area contributed by atoms with Crippen LogP contribution in [0.1, 0.15) is 258 Å². The van der Waals surface area contributed by atoms with Crippen molar-refractivity contribution in [3.05, 3.63) is 134 Å². The van der Waals surface area contributed by atoms with Gasteiger partial charge in [0.05, 0.1) is 18.8 Å². The first-order valence-electron chi connectivity index (χ1n) is 29.4. The van der Waals surface area contributed by atoms with E-state index in [-0.39, 0.29) is 12.5 Å². The molecule has 0 fully saturated rings. The second kappa shape index (κ2) is 59.8. The third-order valence-electron chi connectivity index (χ3n) is 12.6. The van der Waals surface area contributed by atoms with Crippen LogP contribution in [0, 0.1) is 0 Å². The Hall–Kier alpha value is -3.47. The van der Waals surface area contributed by atoms with E-state index in [1.807, 2.05) is 6.08 Å². The molecular weight excluding hydrogens is 855 g/mol. The minimum atomic E-state index is -0.878. The summed E-state index contributed by atoms with van der Waals surface area (Å²) >= 11 is 0. The van der Waals surface area contributed by atoms with Crippen LogP contribution >= 0.6 is 0 Å². The van der Waals surface area contributed by atoms with Crippen molar-refractivity contribution in [1.29, 1.82) is 0 Å². The first-order valence-corrected chi connectivity index (χ1v) is 29.4. The summed E-state index contributed by atoms with van der Waals surface area (Å²) in [5.41, 5.74) is 0. The summed E-state index contributed by atoms with van der Waals surface area (Å²) in [7, 11) is 0. The minimum absolute atomic E-state index is 0.0891. The molecule has 3 N–H and O–H groups in total. The fourth-order valence-electron chi connectivity index (χ4n) is 8.19. The molecule has 4 heteroatoms. The zero-order valence-corrected chi connectivity index (χ0v) is 45.7. The number of aliphatic hydroxyl groups is 2. The Bertz CT molecular complexity index is 1420. The third kappa shape index (κ3) is 55.5. The first-order chi connectivity index (χ1) is 34.7. The molecule has 0 aromatic heterocycles. The van der Waals surface area contributed by atoms with Gasteiger partial charge in [-0.25, -0.2) is 0 Å². The van der Waals surface area contributed by atoms with Gasteiger partial charge in [0.15, 0.2) is 0 Å². The van der Waals surface area contributed by atoms with Crippen LogP contribution in [0.2, 0.25) is 0 Å². The number of aliphatic hydroxyl groups excluding tert-OH is 2. The summed E-state index contributed by atoms with van der Waals surface area (Å²) in [4.78, 5) is 12.5. The van der Waals surface area contributed by atoms with Gasteiger partial charge < -0.3 is 15.5 Å². The van der Waals surface area contributed by atoms with Gasteiger partial charge in [0.25, 0.3) is 0 Å². The fraction of sp³-hybridized carbons (Fsp3) is 0.652. The van der Waals surface area contributed by atoms with E-state index in [9.17, 15) is 15.0 Å². The summed E-state index contributed by atoms with van der Waals surface area (Å²) < 4.78 is 0. The van der Waals surface area contributed by atoms with E-state index >= 15 is 0 Å². The number of carbonyl (C=O) groups excluding carboxylic acids is 1. The maximum atomic E-state index is 12.5. The summed E-state index contributed by atoms with van der Waals surface area (Å²) in [5.74, 6) is -0.0891. The first kappa shape index (κ1) is 66.5. The molecule has 0 aliphatic rings. The highest BCUT2D eigenvalue weighted by Crippen LogP contribution is 2.15. The number of carbonyl (C=O) groups is 1. The molecular formula is C66H111NO3. The Balaban J connectivity index is 3.66. The number of rotatable bonds is 52. The van der Waals surface area contributed by atoms with Gasteiger partial charge in [0.1, 0.15) is 0 Å². The predicted molar refractivity (Wildman–Crippen MR) is 312 cm³/mol. The molecule has 0 rings (SSSR count). The van der Waals surface area contributed by atoms with Crippen molar-refractivity contribution in [3.63, 3.8) is 0 Å². The van der Waals surface area contributed by atoms with Crippen molar-refractivity contribution in [2.24, 2.45) is 0 Å². The van der Waals surface area contributed by atoms with Crippen LogP contribution < -0.4 is 5.32 Å². The molecule has 0 radical (unpaired) electrons. The van der Waals surface area contributed by atoms with E-state index in [1.54, 1.807) is 6.08 Å². The second-order valence-electron chi connectivity index (χ2n) is 19.3. The molecule has 0 saturated carbocycles. The highest BCUT2D eigenvalue weighted by Gasteiger charge is 2.18. The monoisotopic (exact) mass is 966 g/mol. The average molecular weight is 967 g/mol. The minimum Gasteiger partial charge on any atom is -0.394 e. The lowest BCUT2D eigenvalue weighted by Gasteiger charge is -2.19. The molecule has 0 heterocycles. The molecule has 2 unspecified atom stereocenters. The standard InChI is InChI=1S/C66H111NO3/c1-3-5-7-9-11-13-15-17-19-21-23-25-27-28-29-30-31-32-33-34-35-36-37-38-40-42-44-46-48-50-52-54-56-58-60-62-66(70)67-64(63-68)65(69)61-59-57-55-53-51-49-47-45-43-41-39-26-24-22-20-18-16-14-12-10-8-6-4-2/h5,7,11,13,17,19,23,25,28-29,31-32,34-35,37-38,42,44,51,53,59,61,64-65,68-69H,3-4,6,8-10,12,14-16,18,20-22,24,26-27,30,33,36,39-41,43,45-50,52,54-58,60,62-63H2,1-2H3,(H,67,70)/b7-5-,13-11-,19-17-,25-23-,29-28-,32-31-,35-34-,38-37-,44-42-,53-51+,61-59+. The zero-order chi connectivity index (χ0) is 50.6. The molecule has 0 aliphatic carbocycles. The van der Waals surface area contributed by atoms with Crippen molar-refractivity contribution in [1.82, 2.24) is 5.32 Å². The maximum absolute atomic E-state index is 12.5. The second-order valence-corrected chi connectivity index (χ2v) is 19.3. The van der Waals surface area contributed by atoms with Crippen LogP contribution in [0.5, 0.6) is 0 Å². The number of hydrogen-bond acceptors (Lipinski definition) is 3. The molecule has 4 nitrogen and oxygen atoms in total. The van der Waals surface area contributed by atoms with Crippen molar-refractivity contribution in [2.75, 3.05) is 6.61 Å². The zero-order valence-electron chi connectivity index (χ0n) is 45.7. The molecule has 0 spiro atoms. The van der Waals surface area contributed by atoms with Crippen molar-refractivity contribution in [3.8, 4) is 0 Å². The van der Waals surface area contributed by atoms with E-state index in [2.05, 4.69) is 141 Å². The smallest absolute Gasteiger partial charge is 0.220 e. The Morgan fingerprint density at radius 1 is 0.357 bits per heavy atom. The third-order valence-corrected chi connectivity index (χ3v) is 12.6. The van der Waals surface area contributed by atoms with E-state index in [0.717, 1.165) is 103 Å². The van der Waals surface area contributed by atoms with Gasteiger partial charge in [0, 0.05) is 6.42 Å². The van der Waals surface area contributed by atoms with Gasteiger partial charge in [-0.05, 0) is 103 Å². The van der Waals surface area contributed by atoms with Crippen LogP contribution in [0.3, 0.4) is 0 Å². The predicted octanol–water partition coefficient (Wildman–Crippen LogP) is 19.8. The Morgan fingerprint density at radius 3 is 1.00 bits per heavy atom. The maximum Gasteiger partial charge on any atom is 0.220 e. The van der Waals surface area contributed by atoms with Crippen LogP contribution in [0.4, 0.5) is 0 Å². The van der Waals surface area contributed by atoms with Gasteiger partial charge in [0.2, 0.25) is 5.91 Å². The number of amides is 1. The van der Waals surface area contributed by atoms with E-state index < -0.39 is 12.1 Å². The van der Waals surface area contributed by atoms with Crippen LogP contribution in [-0.4, -0.2) is 34.9 Å². The molecule has 0 aliphatic heterocycles. The number of unbranched alkanes of at least 4 members (excludes halogenated alkanes) is 25. The number of allylic oxidation sites excluding steroid dienone is 21. The quantitative estimate of drug-likeness (QED) is 0.0420. The van der Waals surface area contributed by atoms with Gasteiger partial charge in [-0.15, -0.1) is 0 Å². The van der Waals surface area contributed by atoms with Crippen LogP contribution in [-0.2, 0) is 4.79 Å². The lowest BCUT2D eigenvalue weighted by molar-refractivity contribution is -0.123. The molecule has 0 saturated heterocycles. The lowest BCUT2D eigenvalue weighted by atomic mass is 10.0. The Labute approximate surface area is 434 Å². The lowest BCUT2D eigenvalue weighted by Crippen LogP contribution is -2.45. The molecule has 70 heavy (non-hydrogen) atoms.